The van der Waals surface area contributed by atoms with Crippen LogP contribution in [0.2, 0.25) is 0 Å². The Morgan fingerprint density at radius 1 is 1.50 bits per heavy atom. The highest BCUT2D eigenvalue weighted by atomic mass is 16.5. The van der Waals surface area contributed by atoms with Gasteiger partial charge in [0.05, 0.1) is 7.11 Å². The van der Waals surface area contributed by atoms with Gasteiger partial charge in [-0.1, -0.05) is 20.8 Å². The van der Waals surface area contributed by atoms with E-state index < -0.39 is 5.54 Å². The molecule has 0 spiro atoms. The molecule has 2 unspecified atom stereocenters. The molecule has 0 bridgehead atoms. The lowest BCUT2D eigenvalue weighted by Gasteiger charge is -2.31. The molecule has 1 heterocycles. The molecule has 118 valence electrons. The van der Waals surface area contributed by atoms with E-state index in [9.17, 15) is 4.79 Å². The summed E-state index contributed by atoms with van der Waals surface area (Å²) >= 11 is 0. The molecule has 2 atom stereocenters. The summed E-state index contributed by atoms with van der Waals surface area (Å²) in [5.41, 5.74) is -0.545. The van der Waals surface area contributed by atoms with Gasteiger partial charge >= 0.3 is 5.97 Å². The van der Waals surface area contributed by atoms with Crippen molar-refractivity contribution in [2.75, 3.05) is 26.7 Å². The minimum absolute atomic E-state index is 0.152. The van der Waals surface area contributed by atoms with Crippen molar-refractivity contribution >= 4 is 5.97 Å². The van der Waals surface area contributed by atoms with E-state index in [4.69, 9.17) is 4.74 Å². The second kappa shape index (κ2) is 7.99. The highest BCUT2D eigenvalue weighted by Gasteiger charge is 2.33. The number of nitrogens with one attached hydrogen (secondary N) is 1. The summed E-state index contributed by atoms with van der Waals surface area (Å²) in [6, 6.07) is 0.721. The summed E-state index contributed by atoms with van der Waals surface area (Å²) in [5, 5.41) is 3.28. The van der Waals surface area contributed by atoms with E-state index in [1.165, 1.54) is 26.5 Å². The summed E-state index contributed by atoms with van der Waals surface area (Å²) in [4.78, 5) is 14.5. The quantitative estimate of drug-likeness (QED) is 0.695. The van der Waals surface area contributed by atoms with E-state index in [1.807, 2.05) is 13.8 Å². The van der Waals surface area contributed by atoms with Gasteiger partial charge in [-0.2, -0.15) is 0 Å². The number of ether oxygens (including phenoxy) is 1. The second-order valence-electron chi connectivity index (χ2n) is 6.45. The van der Waals surface area contributed by atoms with Crippen LogP contribution in [0, 0.1) is 5.92 Å². The van der Waals surface area contributed by atoms with E-state index in [0.717, 1.165) is 37.9 Å². The van der Waals surface area contributed by atoms with Gasteiger partial charge in [0.15, 0.2) is 0 Å². The Kier molecular flexibility index (Phi) is 6.96. The molecule has 0 amide bonds. The molecule has 1 aliphatic rings. The van der Waals surface area contributed by atoms with E-state index in [1.54, 1.807) is 0 Å². The van der Waals surface area contributed by atoms with Crippen molar-refractivity contribution in [2.24, 2.45) is 5.92 Å². The van der Waals surface area contributed by atoms with Crippen molar-refractivity contribution < 1.29 is 9.53 Å². The monoisotopic (exact) mass is 284 g/mol. The molecular formula is C16H32N2O2. The molecule has 1 fully saturated rings. The Bertz CT molecular complexity index is 307. The highest BCUT2D eigenvalue weighted by molar-refractivity contribution is 5.80. The van der Waals surface area contributed by atoms with E-state index >= 15 is 0 Å². The average molecular weight is 284 g/mol. The summed E-state index contributed by atoms with van der Waals surface area (Å²) in [5.74, 6) is 0.569. The van der Waals surface area contributed by atoms with Crippen LogP contribution in [0.5, 0.6) is 0 Å². The summed E-state index contributed by atoms with van der Waals surface area (Å²) in [6.45, 7) is 11.7. The molecule has 0 aromatic carbocycles. The van der Waals surface area contributed by atoms with Crippen LogP contribution in [-0.2, 0) is 9.53 Å². The van der Waals surface area contributed by atoms with Gasteiger partial charge in [-0.05, 0) is 58.2 Å². The number of methoxy groups -OCH3 is 1. The maximum Gasteiger partial charge on any atom is 0.325 e. The Labute approximate surface area is 124 Å². The molecule has 0 aliphatic carbocycles. The fraction of sp³-hybridized carbons (Fsp3) is 0.938. The first-order valence-corrected chi connectivity index (χ1v) is 8.02. The molecule has 0 saturated carbocycles. The Morgan fingerprint density at radius 2 is 2.20 bits per heavy atom. The van der Waals surface area contributed by atoms with Crippen LogP contribution in [-0.4, -0.2) is 49.2 Å². The number of likely N-dealkylation sites (N-methyl/N-ethyl adjacent to an activating group) is 1. The fourth-order valence-corrected chi connectivity index (χ4v) is 3.40. The van der Waals surface area contributed by atoms with Gasteiger partial charge in [-0.3, -0.25) is 4.79 Å². The van der Waals surface area contributed by atoms with Crippen LogP contribution in [0.25, 0.3) is 0 Å². The van der Waals surface area contributed by atoms with Crippen molar-refractivity contribution in [1.82, 2.24) is 10.2 Å². The molecule has 0 aromatic rings. The Morgan fingerprint density at radius 3 is 2.75 bits per heavy atom. The van der Waals surface area contributed by atoms with Gasteiger partial charge in [0, 0.05) is 6.04 Å². The topological polar surface area (TPSA) is 41.6 Å². The largest absolute Gasteiger partial charge is 0.468 e. The minimum atomic E-state index is -0.545. The highest BCUT2D eigenvalue weighted by Crippen LogP contribution is 2.25. The van der Waals surface area contributed by atoms with E-state index in [0.29, 0.717) is 0 Å². The molecule has 4 heteroatoms. The zero-order valence-electron chi connectivity index (χ0n) is 13.9. The summed E-state index contributed by atoms with van der Waals surface area (Å²) in [7, 11) is 1.47. The van der Waals surface area contributed by atoms with Crippen molar-refractivity contribution in [2.45, 2.75) is 65.0 Å². The second-order valence-corrected chi connectivity index (χ2v) is 6.45. The maximum atomic E-state index is 11.9. The third kappa shape index (κ3) is 4.45. The van der Waals surface area contributed by atoms with E-state index in [2.05, 4.69) is 24.1 Å². The number of nitrogens with zero attached hydrogens (tertiary/aromatic N) is 1. The predicted molar refractivity (Wildman–Crippen MR) is 82.8 cm³/mol. The Hall–Kier alpha value is -0.610. The molecule has 20 heavy (non-hydrogen) atoms. The Balaban J connectivity index is 2.46. The number of carbonyl (C=O) groups excluding carboxylic acids is 1. The van der Waals surface area contributed by atoms with Crippen molar-refractivity contribution in [1.29, 1.82) is 0 Å². The number of hydrogen-bond acceptors (Lipinski definition) is 4. The van der Waals surface area contributed by atoms with Crippen molar-refractivity contribution in [3.63, 3.8) is 0 Å². The van der Waals surface area contributed by atoms with Gasteiger partial charge in [-0.15, -0.1) is 0 Å². The van der Waals surface area contributed by atoms with Crippen molar-refractivity contribution in [3.05, 3.63) is 0 Å². The third-order valence-corrected chi connectivity index (χ3v) is 4.51. The number of carbonyl (C=O) groups is 1. The van der Waals surface area contributed by atoms with Crippen molar-refractivity contribution in [3.8, 4) is 0 Å². The van der Waals surface area contributed by atoms with Gasteiger partial charge in [0.25, 0.3) is 0 Å². The predicted octanol–water partition coefficient (Wildman–Crippen LogP) is 2.43. The first kappa shape index (κ1) is 17.4. The number of rotatable bonds is 8. The van der Waals surface area contributed by atoms with Gasteiger partial charge in [0.1, 0.15) is 5.54 Å². The molecule has 1 rings (SSSR count). The van der Waals surface area contributed by atoms with Crippen LogP contribution in [0.15, 0.2) is 0 Å². The first-order valence-electron chi connectivity index (χ1n) is 8.02. The first-order chi connectivity index (χ1) is 9.44. The maximum absolute atomic E-state index is 11.9. The lowest BCUT2D eigenvalue weighted by atomic mass is 9.95. The molecular weight excluding hydrogens is 252 g/mol. The van der Waals surface area contributed by atoms with E-state index in [-0.39, 0.29) is 5.97 Å². The third-order valence-electron chi connectivity index (χ3n) is 4.51. The fourth-order valence-electron chi connectivity index (χ4n) is 3.40. The SMILES string of the molecule is CCNC(C)(CCCN1CCCC1C(C)C)C(=O)OC. The molecule has 0 aromatic heterocycles. The molecule has 0 radical (unpaired) electrons. The molecule has 4 nitrogen and oxygen atoms in total. The van der Waals surface area contributed by atoms with Crippen LogP contribution >= 0.6 is 0 Å². The van der Waals surface area contributed by atoms with Crippen LogP contribution in [0.4, 0.5) is 0 Å². The standard InChI is InChI=1S/C16H32N2O2/c1-6-17-16(4,15(19)20-5)10-8-12-18-11-7-9-14(18)13(2)3/h13-14,17H,6-12H2,1-5H3. The normalized spacial score (nSPS) is 23.0. The van der Waals surface area contributed by atoms with Gasteiger partial charge in [-0.25, -0.2) is 0 Å². The minimum Gasteiger partial charge on any atom is -0.468 e. The molecule has 1 N–H and O–H groups in total. The number of likely N-dealkylation sites (tertiary alicyclic amines) is 1. The van der Waals surface area contributed by atoms with Gasteiger partial charge in [0.2, 0.25) is 0 Å². The zero-order chi connectivity index (χ0) is 15.2. The molecule has 1 saturated heterocycles. The average Bonchev–Trinajstić information content (AvgIpc) is 2.86. The lowest BCUT2D eigenvalue weighted by Crippen LogP contribution is -2.50. The summed E-state index contributed by atoms with van der Waals surface area (Å²) < 4.78 is 4.93. The van der Waals surface area contributed by atoms with Gasteiger partial charge < -0.3 is 15.0 Å². The lowest BCUT2D eigenvalue weighted by molar-refractivity contribution is -0.148. The van der Waals surface area contributed by atoms with Crippen LogP contribution < -0.4 is 5.32 Å². The number of hydrogen-bond donors (Lipinski definition) is 1. The smallest absolute Gasteiger partial charge is 0.325 e. The van der Waals surface area contributed by atoms with Crippen LogP contribution in [0.3, 0.4) is 0 Å². The van der Waals surface area contributed by atoms with Crippen LogP contribution in [0.1, 0.15) is 53.4 Å². The summed E-state index contributed by atoms with van der Waals surface area (Å²) in [6.07, 6.45) is 4.49. The zero-order valence-corrected chi connectivity index (χ0v) is 13.9. The molecule has 1 aliphatic heterocycles. The number of esters is 1.